The van der Waals surface area contributed by atoms with Crippen LogP contribution in [0.1, 0.15) is 26.2 Å². The molecule has 0 unspecified atom stereocenters. The number of carbonyl (C=O) groups excluding carboxylic acids is 2. The maximum Gasteiger partial charge on any atom is 0.237 e. The van der Waals surface area contributed by atoms with Crippen molar-refractivity contribution in [2.45, 2.75) is 26.2 Å². The first-order valence-electron chi connectivity index (χ1n) is 6.71. The van der Waals surface area contributed by atoms with Crippen molar-refractivity contribution in [2.24, 2.45) is 17.8 Å². The summed E-state index contributed by atoms with van der Waals surface area (Å²) in [4.78, 5) is 26.3. The minimum absolute atomic E-state index is 0.00998. The number of carbonyl (C=O) groups is 2. The van der Waals surface area contributed by atoms with Gasteiger partial charge in [0, 0.05) is 4.47 Å². The fourth-order valence-electron chi connectivity index (χ4n) is 3.23. The van der Waals surface area contributed by atoms with Gasteiger partial charge in [-0.25, -0.2) is 0 Å². The Bertz CT molecular complexity index is 525. The molecule has 2 amide bonds. The van der Waals surface area contributed by atoms with Crippen LogP contribution in [0.3, 0.4) is 0 Å². The van der Waals surface area contributed by atoms with Gasteiger partial charge in [-0.05, 0) is 49.4 Å². The number of nitrogens with zero attached hydrogens (tertiary/aromatic N) is 1. The van der Waals surface area contributed by atoms with Crippen molar-refractivity contribution in [3.05, 3.63) is 28.7 Å². The van der Waals surface area contributed by atoms with Gasteiger partial charge in [-0.15, -0.1) is 0 Å². The summed E-state index contributed by atoms with van der Waals surface area (Å²) in [7, 11) is 0. The van der Waals surface area contributed by atoms with Crippen molar-refractivity contribution in [1.82, 2.24) is 0 Å². The van der Waals surface area contributed by atoms with Gasteiger partial charge in [0.2, 0.25) is 11.8 Å². The average molecular weight is 322 g/mol. The number of fused-ring (bicyclic) bond motifs is 1. The molecule has 1 aromatic carbocycles. The molecule has 1 aliphatic heterocycles. The SMILES string of the molecule is C[C@H]1CC[C@@H]2C(=O)N(c3ccc(Br)cc3)C(=O)[C@@H]2C1. The van der Waals surface area contributed by atoms with E-state index in [2.05, 4.69) is 22.9 Å². The van der Waals surface area contributed by atoms with E-state index in [1.165, 1.54) is 4.90 Å². The maximum absolute atomic E-state index is 12.5. The van der Waals surface area contributed by atoms with E-state index in [1.54, 1.807) is 0 Å². The third kappa shape index (κ3) is 2.12. The molecule has 1 heterocycles. The van der Waals surface area contributed by atoms with Crippen molar-refractivity contribution in [1.29, 1.82) is 0 Å². The summed E-state index contributed by atoms with van der Waals surface area (Å²) in [5, 5.41) is 0. The van der Waals surface area contributed by atoms with Gasteiger partial charge in [-0.2, -0.15) is 0 Å². The van der Waals surface area contributed by atoms with E-state index < -0.39 is 0 Å². The summed E-state index contributed by atoms with van der Waals surface area (Å²) < 4.78 is 0.946. The Balaban J connectivity index is 1.93. The molecule has 0 aromatic heterocycles. The third-order valence-electron chi connectivity index (χ3n) is 4.27. The summed E-state index contributed by atoms with van der Waals surface area (Å²) in [5.74, 6) is 0.336. The molecule has 1 aromatic rings. The molecule has 1 saturated heterocycles. The maximum atomic E-state index is 12.5. The van der Waals surface area contributed by atoms with E-state index in [-0.39, 0.29) is 23.7 Å². The van der Waals surface area contributed by atoms with Gasteiger partial charge in [0.05, 0.1) is 17.5 Å². The second kappa shape index (κ2) is 4.75. The zero-order valence-corrected chi connectivity index (χ0v) is 12.4. The van der Waals surface area contributed by atoms with Crippen molar-refractivity contribution in [3.63, 3.8) is 0 Å². The van der Waals surface area contributed by atoms with Gasteiger partial charge in [0.25, 0.3) is 0 Å². The molecule has 1 saturated carbocycles. The van der Waals surface area contributed by atoms with Crippen LogP contribution in [0.4, 0.5) is 5.69 Å². The molecular formula is C15H16BrNO2. The molecule has 2 aliphatic rings. The van der Waals surface area contributed by atoms with Gasteiger partial charge in [0.15, 0.2) is 0 Å². The highest BCUT2D eigenvalue weighted by molar-refractivity contribution is 9.10. The van der Waals surface area contributed by atoms with Crippen LogP contribution < -0.4 is 4.90 Å². The lowest BCUT2D eigenvalue weighted by atomic mass is 9.76. The highest BCUT2D eigenvalue weighted by Crippen LogP contribution is 2.42. The molecule has 3 atom stereocenters. The molecule has 0 radical (unpaired) electrons. The Morgan fingerprint density at radius 3 is 2.37 bits per heavy atom. The van der Waals surface area contributed by atoms with Crippen LogP contribution in [0.2, 0.25) is 0 Å². The molecule has 0 spiro atoms. The Labute approximate surface area is 121 Å². The average Bonchev–Trinajstić information content (AvgIpc) is 2.63. The molecule has 0 bridgehead atoms. The molecule has 4 heteroatoms. The highest BCUT2D eigenvalue weighted by Gasteiger charge is 2.49. The fraction of sp³-hybridized carbons (Fsp3) is 0.467. The number of benzene rings is 1. The summed E-state index contributed by atoms with van der Waals surface area (Å²) in [5.41, 5.74) is 0.695. The van der Waals surface area contributed by atoms with Crippen LogP contribution >= 0.6 is 15.9 Å². The number of hydrogen-bond acceptors (Lipinski definition) is 2. The van der Waals surface area contributed by atoms with Crippen LogP contribution in [-0.2, 0) is 9.59 Å². The number of hydrogen-bond donors (Lipinski definition) is 0. The normalized spacial score (nSPS) is 30.6. The predicted molar refractivity (Wildman–Crippen MR) is 76.6 cm³/mol. The summed E-state index contributed by atoms with van der Waals surface area (Å²) in [6.07, 6.45) is 2.75. The molecular weight excluding hydrogens is 306 g/mol. The number of imide groups is 1. The van der Waals surface area contributed by atoms with E-state index in [9.17, 15) is 9.59 Å². The monoisotopic (exact) mass is 321 g/mol. The van der Waals surface area contributed by atoms with E-state index in [1.807, 2.05) is 24.3 Å². The van der Waals surface area contributed by atoms with Gasteiger partial charge in [-0.3, -0.25) is 14.5 Å². The van der Waals surface area contributed by atoms with Gasteiger partial charge < -0.3 is 0 Å². The molecule has 100 valence electrons. The van der Waals surface area contributed by atoms with E-state index >= 15 is 0 Å². The van der Waals surface area contributed by atoms with Crippen molar-refractivity contribution >= 4 is 33.4 Å². The second-order valence-corrected chi connectivity index (χ2v) is 6.54. The predicted octanol–water partition coefficient (Wildman–Crippen LogP) is 3.37. The van der Waals surface area contributed by atoms with Gasteiger partial charge in [0.1, 0.15) is 0 Å². The Morgan fingerprint density at radius 2 is 1.68 bits per heavy atom. The van der Waals surface area contributed by atoms with E-state index in [0.717, 1.165) is 23.7 Å². The largest absolute Gasteiger partial charge is 0.274 e. The molecule has 1 aliphatic carbocycles. The van der Waals surface area contributed by atoms with Gasteiger partial charge in [-0.1, -0.05) is 22.9 Å². The molecule has 3 rings (SSSR count). The van der Waals surface area contributed by atoms with Crippen LogP contribution in [0.25, 0.3) is 0 Å². The van der Waals surface area contributed by atoms with Crippen LogP contribution in [-0.4, -0.2) is 11.8 Å². The van der Waals surface area contributed by atoms with E-state index in [4.69, 9.17) is 0 Å². The standard InChI is InChI=1S/C15H16BrNO2/c1-9-2-7-12-13(8-9)15(19)17(14(12)18)11-5-3-10(16)4-6-11/h3-6,9,12-13H,2,7-8H2,1H3/t9-,12-,13+/m0/s1. The number of rotatable bonds is 1. The summed E-state index contributed by atoms with van der Waals surface area (Å²) >= 11 is 3.36. The quantitative estimate of drug-likeness (QED) is 0.744. The number of amides is 2. The first-order valence-corrected chi connectivity index (χ1v) is 7.50. The Kier molecular flexibility index (Phi) is 3.21. The number of halogens is 1. The molecule has 3 nitrogen and oxygen atoms in total. The van der Waals surface area contributed by atoms with Crippen molar-refractivity contribution < 1.29 is 9.59 Å². The van der Waals surface area contributed by atoms with Crippen molar-refractivity contribution in [3.8, 4) is 0 Å². The molecule has 19 heavy (non-hydrogen) atoms. The smallest absolute Gasteiger partial charge is 0.237 e. The van der Waals surface area contributed by atoms with E-state index in [0.29, 0.717) is 11.6 Å². The lowest BCUT2D eigenvalue weighted by molar-refractivity contribution is -0.122. The van der Waals surface area contributed by atoms with Crippen LogP contribution in [0.15, 0.2) is 28.7 Å². The topological polar surface area (TPSA) is 37.4 Å². The third-order valence-corrected chi connectivity index (χ3v) is 4.80. The zero-order valence-electron chi connectivity index (χ0n) is 10.8. The second-order valence-electron chi connectivity index (χ2n) is 5.62. The summed E-state index contributed by atoms with van der Waals surface area (Å²) in [6, 6.07) is 7.36. The van der Waals surface area contributed by atoms with Crippen molar-refractivity contribution in [2.75, 3.05) is 4.90 Å². The van der Waals surface area contributed by atoms with Crippen LogP contribution in [0.5, 0.6) is 0 Å². The minimum Gasteiger partial charge on any atom is -0.274 e. The first kappa shape index (κ1) is 12.9. The molecule has 0 N–H and O–H groups in total. The lowest BCUT2D eigenvalue weighted by Crippen LogP contribution is -2.30. The minimum atomic E-state index is -0.0973. The Hall–Kier alpha value is -1.16. The Morgan fingerprint density at radius 1 is 1.05 bits per heavy atom. The number of anilines is 1. The van der Waals surface area contributed by atoms with Crippen LogP contribution in [0, 0.1) is 17.8 Å². The van der Waals surface area contributed by atoms with Gasteiger partial charge >= 0.3 is 0 Å². The summed E-state index contributed by atoms with van der Waals surface area (Å²) in [6.45, 7) is 2.16. The molecule has 2 fully saturated rings. The fourth-order valence-corrected chi connectivity index (χ4v) is 3.50. The highest BCUT2D eigenvalue weighted by atomic mass is 79.9. The first-order chi connectivity index (χ1) is 9.08. The zero-order chi connectivity index (χ0) is 13.6. The lowest BCUT2D eigenvalue weighted by Gasteiger charge is -2.25.